The molecule has 9 heteroatoms. The van der Waals surface area contributed by atoms with Crippen LogP contribution in [0.1, 0.15) is 101 Å². The molecule has 0 saturated heterocycles. The first-order valence-electron chi connectivity index (χ1n) is 16.3. The van der Waals surface area contributed by atoms with E-state index in [1.807, 2.05) is 0 Å². The lowest BCUT2D eigenvalue weighted by Crippen LogP contribution is -2.33. The topological polar surface area (TPSA) is 114 Å². The number of hydrogen-bond donors (Lipinski definition) is 0. The fourth-order valence-corrected chi connectivity index (χ4v) is 4.80. The summed E-state index contributed by atoms with van der Waals surface area (Å²) in [6.07, 6.45) is 4.36. The van der Waals surface area contributed by atoms with Crippen molar-refractivity contribution in [3.05, 3.63) is 83.9 Å². The van der Waals surface area contributed by atoms with Crippen molar-refractivity contribution in [2.24, 2.45) is 16.7 Å². The molecule has 258 valence electrons. The van der Waals surface area contributed by atoms with E-state index in [0.29, 0.717) is 30.3 Å². The largest absolute Gasteiger partial charge is 0.494 e. The maximum absolute atomic E-state index is 12.7. The van der Waals surface area contributed by atoms with E-state index in [2.05, 4.69) is 41.5 Å². The van der Waals surface area contributed by atoms with Gasteiger partial charge in [0, 0.05) is 6.92 Å². The van der Waals surface area contributed by atoms with E-state index in [9.17, 15) is 19.2 Å². The Morgan fingerprint density at radius 3 is 1.42 bits per heavy atom. The maximum Gasteiger partial charge on any atom is 0.343 e. The molecule has 3 aromatic carbocycles. The molecule has 0 aliphatic carbocycles. The van der Waals surface area contributed by atoms with E-state index >= 15 is 0 Å². The molecule has 0 spiro atoms. The third-order valence-corrected chi connectivity index (χ3v) is 7.38. The van der Waals surface area contributed by atoms with E-state index in [4.69, 9.17) is 23.7 Å². The molecule has 0 aromatic heterocycles. The average Bonchev–Trinajstić information content (AvgIpc) is 3.01. The van der Waals surface area contributed by atoms with Gasteiger partial charge in [0.05, 0.1) is 30.3 Å². The fourth-order valence-electron chi connectivity index (χ4n) is 4.80. The molecule has 0 aliphatic rings. The van der Waals surface area contributed by atoms with Crippen LogP contribution in [-0.4, -0.2) is 37.1 Å². The second-order valence-corrected chi connectivity index (χ2v) is 14.0. The van der Waals surface area contributed by atoms with Gasteiger partial charge in [-0.3, -0.25) is 9.59 Å². The van der Waals surface area contributed by atoms with Gasteiger partial charge in [-0.1, -0.05) is 41.5 Å². The Hall–Kier alpha value is -4.66. The van der Waals surface area contributed by atoms with Gasteiger partial charge in [0.2, 0.25) is 0 Å². The number of carbonyl (C=O) groups excluding carboxylic acids is 4. The van der Waals surface area contributed by atoms with Crippen LogP contribution in [0, 0.1) is 16.7 Å². The summed E-state index contributed by atoms with van der Waals surface area (Å²) >= 11 is 0. The minimum atomic E-state index is -0.592. The van der Waals surface area contributed by atoms with E-state index in [0.717, 1.165) is 32.1 Å². The van der Waals surface area contributed by atoms with Crippen LogP contribution >= 0.6 is 0 Å². The quantitative estimate of drug-likeness (QED) is 0.0897. The Morgan fingerprint density at radius 1 is 0.562 bits per heavy atom. The summed E-state index contributed by atoms with van der Waals surface area (Å²) in [5.74, 6) is -0.258. The van der Waals surface area contributed by atoms with Crippen molar-refractivity contribution in [1.82, 2.24) is 0 Å². The molecule has 0 saturated carbocycles. The predicted octanol–water partition coefficient (Wildman–Crippen LogP) is 8.63. The second kappa shape index (κ2) is 17.5. The first-order chi connectivity index (χ1) is 22.6. The summed E-state index contributed by atoms with van der Waals surface area (Å²) in [5.41, 5.74) is 0.539. The molecule has 1 unspecified atom stereocenters. The summed E-state index contributed by atoms with van der Waals surface area (Å²) in [6.45, 7) is 15.0. The van der Waals surface area contributed by atoms with Crippen LogP contribution in [0.25, 0.3) is 0 Å². The Kier molecular flexibility index (Phi) is 13.8. The van der Waals surface area contributed by atoms with Gasteiger partial charge in [0.25, 0.3) is 0 Å². The smallest absolute Gasteiger partial charge is 0.343 e. The number of esters is 4. The highest BCUT2D eigenvalue weighted by molar-refractivity contribution is 5.92. The first kappa shape index (κ1) is 37.8. The highest BCUT2D eigenvalue weighted by atomic mass is 16.5. The molecule has 0 aliphatic heterocycles. The SMILES string of the molecule is CC(=O)Oc1ccc(OC(=O)c2ccc(OC(=O)c3ccc(OCCCCCCOC(=O)C(CC(C)(C)C)C(C)(C)C)cc3)cc2)cc1. The standard InChI is InChI=1S/C39H48O9/c1-27(40)46-31-20-22-33(23-21-31)48-36(42)29-14-18-32(19-15-29)47-35(41)28-12-16-30(17-13-28)44-24-10-8-9-11-25-45-37(43)34(39(5,6)7)26-38(2,3)4/h12-23,34H,8-11,24-26H2,1-7H3. The van der Waals surface area contributed by atoms with Crippen molar-refractivity contribution in [2.45, 2.75) is 80.6 Å². The van der Waals surface area contributed by atoms with E-state index in [-0.39, 0.29) is 39.8 Å². The van der Waals surface area contributed by atoms with Crippen molar-refractivity contribution < 1.29 is 42.9 Å². The molecule has 0 N–H and O–H groups in total. The summed E-state index contributed by atoms with van der Waals surface area (Å²) in [6, 6.07) is 18.8. The van der Waals surface area contributed by atoms with Gasteiger partial charge < -0.3 is 23.7 Å². The molecule has 3 aromatic rings. The third kappa shape index (κ3) is 13.2. The average molecular weight is 661 g/mol. The molecule has 48 heavy (non-hydrogen) atoms. The lowest BCUT2D eigenvalue weighted by molar-refractivity contribution is -0.154. The van der Waals surface area contributed by atoms with Crippen molar-refractivity contribution in [2.75, 3.05) is 13.2 Å². The van der Waals surface area contributed by atoms with E-state index < -0.39 is 17.9 Å². The van der Waals surface area contributed by atoms with Crippen molar-refractivity contribution in [3.63, 3.8) is 0 Å². The molecule has 9 nitrogen and oxygen atoms in total. The molecule has 1 atom stereocenters. The normalized spacial score (nSPS) is 12.1. The maximum atomic E-state index is 12.7. The lowest BCUT2D eigenvalue weighted by Gasteiger charge is -2.33. The monoisotopic (exact) mass is 660 g/mol. The predicted molar refractivity (Wildman–Crippen MR) is 182 cm³/mol. The van der Waals surface area contributed by atoms with Gasteiger partial charge in [-0.25, -0.2) is 9.59 Å². The molecule has 3 rings (SSSR count). The van der Waals surface area contributed by atoms with Crippen molar-refractivity contribution in [1.29, 1.82) is 0 Å². The fraction of sp³-hybridized carbons (Fsp3) is 0.436. The molecule has 0 bridgehead atoms. The van der Waals surface area contributed by atoms with Crippen LogP contribution in [0.2, 0.25) is 0 Å². The third-order valence-electron chi connectivity index (χ3n) is 7.38. The van der Waals surface area contributed by atoms with Crippen molar-refractivity contribution in [3.8, 4) is 23.0 Å². The highest BCUT2D eigenvalue weighted by Crippen LogP contribution is 2.36. The zero-order valence-electron chi connectivity index (χ0n) is 29.1. The van der Waals surface area contributed by atoms with Crippen LogP contribution in [0.3, 0.4) is 0 Å². The number of rotatable bonds is 15. The Balaban J connectivity index is 1.34. The molecule has 0 heterocycles. The summed E-state index contributed by atoms with van der Waals surface area (Å²) in [5, 5.41) is 0. The molecule has 0 fully saturated rings. The van der Waals surface area contributed by atoms with Crippen LogP contribution in [0.5, 0.6) is 23.0 Å². The van der Waals surface area contributed by atoms with Crippen LogP contribution < -0.4 is 18.9 Å². The first-order valence-corrected chi connectivity index (χ1v) is 16.3. The Labute approximate surface area is 283 Å². The number of carbonyl (C=O) groups is 4. The zero-order valence-corrected chi connectivity index (χ0v) is 29.1. The van der Waals surface area contributed by atoms with Crippen LogP contribution in [0.4, 0.5) is 0 Å². The summed E-state index contributed by atoms with van der Waals surface area (Å²) in [4.78, 5) is 48.9. The molecular weight excluding hydrogens is 612 g/mol. The molecular formula is C39H48O9. The Morgan fingerprint density at radius 2 is 0.979 bits per heavy atom. The lowest BCUT2D eigenvalue weighted by atomic mass is 9.72. The van der Waals surface area contributed by atoms with Gasteiger partial charge in [0.15, 0.2) is 0 Å². The van der Waals surface area contributed by atoms with Crippen molar-refractivity contribution >= 4 is 23.9 Å². The summed E-state index contributed by atoms with van der Waals surface area (Å²) < 4.78 is 27.2. The number of unbranched alkanes of at least 4 members (excludes halogenated alkanes) is 3. The van der Waals surface area contributed by atoms with E-state index in [1.165, 1.54) is 55.5 Å². The van der Waals surface area contributed by atoms with E-state index in [1.54, 1.807) is 24.3 Å². The zero-order chi connectivity index (χ0) is 35.3. The number of benzene rings is 3. The second-order valence-electron chi connectivity index (χ2n) is 14.0. The number of ether oxygens (including phenoxy) is 5. The minimum absolute atomic E-state index is 0.0567. The Bertz CT molecular complexity index is 1490. The molecule has 0 radical (unpaired) electrons. The molecule has 0 amide bonds. The van der Waals surface area contributed by atoms with Gasteiger partial charge in [-0.05, 0) is 116 Å². The summed E-state index contributed by atoms with van der Waals surface area (Å²) in [7, 11) is 0. The van der Waals surface area contributed by atoms with Crippen LogP contribution in [0.15, 0.2) is 72.8 Å². The van der Waals surface area contributed by atoms with Gasteiger partial charge >= 0.3 is 23.9 Å². The number of hydrogen-bond acceptors (Lipinski definition) is 9. The minimum Gasteiger partial charge on any atom is -0.494 e. The van der Waals surface area contributed by atoms with Gasteiger partial charge in [-0.2, -0.15) is 0 Å². The van der Waals surface area contributed by atoms with Gasteiger partial charge in [0.1, 0.15) is 23.0 Å². The highest BCUT2D eigenvalue weighted by Gasteiger charge is 2.35. The van der Waals surface area contributed by atoms with Crippen LogP contribution in [-0.2, 0) is 14.3 Å². The van der Waals surface area contributed by atoms with Gasteiger partial charge in [-0.15, -0.1) is 0 Å².